The predicted molar refractivity (Wildman–Crippen MR) is 123 cm³/mol. The lowest BCUT2D eigenvalue weighted by atomic mass is 10.1. The van der Waals surface area contributed by atoms with Gasteiger partial charge in [-0.2, -0.15) is 0 Å². The number of rotatable bonds is 7. The molecule has 2 amide bonds. The SMILES string of the molecule is Cc1csc(-c2nnc(NC(=O)c3ccc(OC(F)(F)F)c(NC(=O)CN4CCOCC4)c3)s2)n1. The molecule has 0 unspecified atom stereocenters. The Kier molecular flexibility index (Phi) is 7.59. The van der Waals surface area contributed by atoms with Crippen molar-refractivity contribution in [3.8, 4) is 15.8 Å². The lowest BCUT2D eigenvalue weighted by Gasteiger charge is -2.26. The number of aromatic nitrogens is 3. The number of thiazole rings is 1. The van der Waals surface area contributed by atoms with E-state index in [1.165, 1.54) is 11.3 Å². The van der Waals surface area contributed by atoms with Crippen LogP contribution in [-0.4, -0.2) is 71.1 Å². The molecule has 0 saturated carbocycles. The molecule has 0 aliphatic carbocycles. The van der Waals surface area contributed by atoms with Crippen LogP contribution < -0.4 is 15.4 Å². The number of morpholine rings is 1. The molecule has 1 aliphatic rings. The molecule has 3 heterocycles. The van der Waals surface area contributed by atoms with Gasteiger partial charge in [0.1, 0.15) is 0 Å². The van der Waals surface area contributed by atoms with Crippen LogP contribution in [0.5, 0.6) is 5.75 Å². The molecule has 1 saturated heterocycles. The first-order valence-corrected chi connectivity index (χ1v) is 11.9. The fourth-order valence-electron chi connectivity index (χ4n) is 3.12. The summed E-state index contributed by atoms with van der Waals surface area (Å²) in [6.45, 7) is 3.75. The molecular formula is C20H19F3N6O4S2. The van der Waals surface area contributed by atoms with Crippen LogP contribution in [0.25, 0.3) is 10.0 Å². The number of benzene rings is 1. The fourth-order valence-corrected chi connectivity index (χ4v) is 4.68. The van der Waals surface area contributed by atoms with E-state index >= 15 is 0 Å². The molecule has 3 aromatic rings. The first-order valence-electron chi connectivity index (χ1n) is 10.2. The smallest absolute Gasteiger partial charge is 0.404 e. The number of ether oxygens (including phenoxy) is 2. The third-order valence-electron chi connectivity index (χ3n) is 4.66. The van der Waals surface area contributed by atoms with Crippen LogP contribution in [0.2, 0.25) is 0 Å². The third-order valence-corrected chi connectivity index (χ3v) is 6.60. The molecule has 4 rings (SSSR count). The molecule has 2 aromatic heterocycles. The summed E-state index contributed by atoms with van der Waals surface area (Å²) >= 11 is 2.49. The normalized spacial score (nSPS) is 14.5. The summed E-state index contributed by atoms with van der Waals surface area (Å²) in [6, 6.07) is 3.23. The van der Waals surface area contributed by atoms with E-state index in [2.05, 4.69) is 30.6 Å². The molecule has 1 aromatic carbocycles. The maximum absolute atomic E-state index is 12.9. The lowest BCUT2D eigenvalue weighted by molar-refractivity contribution is -0.274. The number of hydrogen-bond acceptors (Lipinski definition) is 10. The zero-order chi connectivity index (χ0) is 25.0. The summed E-state index contributed by atoms with van der Waals surface area (Å²) in [6.07, 6.45) is -4.98. The van der Waals surface area contributed by atoms with Gasteiger partial charge in [-0.1, -0.05) is 11.3 Å². The molecule has 2 N–H and O–H groups in total. The lowest BCUT2D eigenvalue weighted by Crippen LogP contribution is -2.41. The van der Waals surface area contributed by atoms with Crippen molar-refractivity contribution in [3.05, 3.63) is 34.8 Å². The minimum atomic E-state index is -4.98. The molecule has 15 heteroatoms. The van der Waals surface area contributed by atoms with Crippen molar-refractivity contribution >= 4 is 45.3 Å². The highest BCUT2D eigenvalue weighted by molar-refractivity contribution is 7.22. The fraction of sp³-hybridized carbons (Fsp3) is 0.350. The summed E-state index contributed by atoms with van der Waals surface area (Å²) in [5.74, 6) is -1.84. The standard InChI is InChI=1S/C20H19F3N6O4S2/c1-11-10-34-17(24-11)18-27-28-19(35-18)26-16(31)12-2-3-14(33-20(21,22)23)13(8-12)25-15(30)9-29-4-6-32-7-5-29/h2-3,8,10H,4-7,9H2,1H3,(H,25,30)(H,26,28,31). The first-order chi connectivity index (χ1) is 16.7. The van der Waals surface area contributed by atoms with Crippen molar-refractivity contribution in [2.75, 3.05) is 43.5 Å². The largest absolute Gasteiger partial charge is 0.573 e. The maximum atomic E-state index is 12.9. The number of carbonyl (C=O) groups excluding carboxylic acids is 2. The Morgan fingerprint density at radius 3 is 2.63 bits per heavy atom. The topological polar surface area (TPSA) is 119 Å². The predicted octanol–water partition coefficient (Wildman–Crippen LogP) is 3.39. The van der Waals surface area contributed by atoms with Gasteiger partial charge < -0.3 is 14.8 Å². The Morgan fingerprint density at radius 1 is 1.17 bits per heavy atom. The summed E-state index contributed by atoms with van der Waals surface area (Å²) in [4.78, 5) is 31.3. The number of amides is 2. The highest BCUT2D eigenvalue weighted by Crippen LogP contribution is 2.32. The summed E-state index contributed by atoms with van der Waals surface area (Å²) in [5, 5.41) is 16.1. The highest BCUT2D eigenvalue weighted by Gasteiger charge is 2.32. The Bertz CT molecular complexity index is 1210. The van der Waals surface area contributed by atoms with E-state index in [9.17, 15) is 22.8 Å². The number of carbonyl (C=O) groups is 2. The zero-order valence-corrected chi connectivity index (χ0v) is 19.9. The average molecular weight is 529 g/mol. The van der Waals surface area contributed by atoms with Gasteiger partial charge in [0.25, 0.3) is 5.91 Å². The highest BCUT2D eigenvalue weighted by atomic mass is 32.1. The quantitative estimate of drug-likeness (QED) is 0.479. The molecule has 186 valence electrons. The van der Waals surface area contributed by atoms with Crippen LogP contribution in [0.4, 0.5) is 24.0 Å². The molecule has 10 nitrogen and oxygen atoms in total. The van der Waals surface area contributed by atoms with Crippen LogP contribution in [-0.2, 0) is 9.53 Å². The number of nitrogens with zero attached hydrogens (tertiary/aromatic N) is 4. The number of anilines is 2. The summed E-state index contributed by atoms with van der Waals surface area (Å²) in [7, 11) is 0. The number of hydrogen-bond donors (Lipinski definition) is 2. The van der Waals surface area contributed by atoms with E-state index < -0.39 is 23.9 Å². The Hall–Kier alpha value is -3.14. The van der Waals surface area contributed by atoms with Crippen LogP contribution >= 0.6 is 22.7 Å². The average Bonchev–Trinajstić information content (AvgIpc) is 3.43. The molecule has 0 spiro atoms. The van der Waals surface area contributed by atoms with E-state index in [-0.39, 0.29) is 22.9 Å². The molecule has 1 fully saturated rings. The number of halogens is 3. The van der Waals surface area contributed by atoms with E-state index in [0.717, 1.165) is 35.2 Å². The summed E-state index contributed by atoms with van der Waals surface area (Å²) in [5.41, 5.74) is 0.530. The van der Waals surface area contributed by atoms with Crippen molar-refractivity contribution in [2.24, 2.45) is 0 Å². The van der Waals surface area contributed by atoms with E-state index in [1.807, 2.05) is 12.3 Å². The van der Waals surface area contributed by atoms with Crippen molar-refractivity contribution in [3.63, 3.8) is 0 Å². The van der Waals surface area contributed by atoms with E-state index in [4.69, 9.17) is 4.74 Å². The Morgan fingerprint density at radius 2 is 1.94 bits per heavy atom. The van der Waals surface area contributed by atoms with Gasteiger partial charge in [0, 0.05) is 29.7 Å². The minimum absolute atomic E-state index is 0.0111. The van der Waals surface area contributed by atoms with Gasteiger partial charge in [0.15, 0.2) is 15.8 Å². The van der Waals surface area contributed by atoms with Gasteiger partial charge in [-0.3, -0.25) is 19.8 Å². The Balaban J connectivity index is 1.49. The van der Waals surface area contributed by atoms with Gasteiger partial charge in [-0.05, 0) is 25.1 Å². The van der Waals surface area contributed by atoms with E-state index in [1.54, 1.807) is 4.90 Å². The number of nitrogens with one attached hydrogen (secondary N) is 2. The van der Waals surface area contributed by atoms with E-state index in [0.29, 0.717) is 36.3 Å². The summed E-state index contributed by atoms with van der Waals surface area (Å²) < 4.78 is 47.8. The number of aryl methyl sites for hydroxylation is 1. The number of alkyl halides is 3. The van der Waals surface area contributed by atoms with Gasteiger partial charge >= 0.3 is 6.36 Å². The van der Waals surface area contributed by atoms with Gasteiger partial charge in [0.05, 0.1) is 25.4 Å². The van der Waals surface area contributed by atoms with Crippen LogP contribution in [0, 0.1) is 6.92 Å². The van der Waals surface area contributed by atoms with Gasteiger partial charge in [-0.15, -0.1) is 34.7 Å². The van der Waals surface area contributed by atoms with Crippen LogP contribution in [0.3, 0.4) is 0 Å². The van der Waals surface area contributed by atoms with Crippen molar-refractivity contribution in [1.29, 1.82) is 0 Å². The molecule has 0 atom stereocenters. The van der Waals surface area contributed by atoms with Crippen molar-refractivity contribution in [1.82, 2.24) is 20.1 Å². The molecule has 1 aliphatic heterocycles. The van der Waals surface area contributed by atoms with Gasteiger partial charge in [0.2, 0.25) is 11.0 Å². The van der Waals surface area contributed by atoms with Crippen LogP contribution in [0.1, 0.15) is 16.1 Å². The molecule has 35 heavy (non-hydrogen) atoms. The Labute approximate surface area is 205 Å². The second-order valence-corrected chi connectivity index (χ2v) is 9.19. The van der Waals surface area contributed by atoms with Crippen molar-refractivity contribution < 1.29 is 32.2 Å². The zero-order valence-electron chi connectivity index (χ0n) is 18.2. The molecule has 0 radical (unpaired) electrons. The second-order valence-electron chi connectivity index (χ2n) is 7.36. The van der Waals surface area contributed by atoms with Gasteiger partial charge in [-0.25, -0.2) is 4.98 Å². The second kappa shape index (κ2) is 10.6. The minimum Gasteiger partial charge on any atom is -0.404 e. The maximum Gasteiger partial charge on any atom is 0.573 e. The molecular weight excluding hydrogens is 509 g/mol. The third kappa shape index (κ3) is 6.94. The molecule has 0 bridgehead atoms. The van der Waals surface area contributed by atoms with Crippen LogP contribution in [0.15, 0.2) is 23.6 Å². The first kappa shape index (κ1) is 25.0. The monoisotopic (exact) mass is 528 g/mol. The van der Waals surface area contributed by atoms with Crippen molar-refractivity contribution in [2.45, 2.75) is 13.3 Å².